The molecule has 1 saturated heterocycles. The van der Waals surface area contributed by atoms with Crippen LogP contribution in [-0.4, -0.2) is 56.8 Å². The molecule has 1 saturated carbocycles. The number of hydrogen-bond acceptors (Lipinski definition) is 7. The molecule has 0 aromatic heterocycles. The number of cyclic esters (lactones) is 1. The fourth-order valence-electron chi connectivity index (χ4n) is 6.05. The van der Waals surface area contributed by atoms with Crippen LogP contribution in [0, 0.1) is 18.8 Å². The Balaban J connectivity index is 0.950. The second kappa shape index (κ2) is 14.4. The van der Waals surface area contributed by atoms with Crippen LogP contribution >= 0.6 is 0 Å². The summed E-state index contributed by atoms with van der Waals surface area (Å²) < 4.78 is 49.0. The first-order chi connectivity index (χ1) is 21.1. The molecule has 2 aliphatic heterocycles. The first-order valence-electron chi connectivity index (χ1n) is 15.9. The first kappa shape index (κ1) is 32.3. The van der Waals surface area contributed by atoms with Crippen LogP contribution in [0.4, 0.5) is 4.79 Å². The Morgan fingerprint density at radius 2 is 1.82 bits per heavy atom. The summed E-state index contributed by atoms with van der Waals surface area (Å²) in [5.74, 6) is 6.42. The van der Waals surface area contributed by atoms with Gasteiger partial charge in [-0.1, -0.05) is 43.6 Å². The van der Waals surface area contributed by atoms with Gasteiger partial charge in [0.25, 0.3) is 0 Å². The molecule has 1 atom stereocenters. The zero-order valence-electron chi connectivity index (χ0n) is 26.2. The number of carbonyl (C=O) groups excluding carboxylic acids is 1. The smallest absolute Gasteiger partial charge is 0.410 e. The summed E-state index contributed by atoms with van der Waals surface area (Å²) in [7, 11) is -3.29. The van der Waals surface area contributed by atoms with E-state index in [2.05, 4.69) is 11.8 Å². The molecule has 1 amide bonds. The lowest BCUT2D eigenvalue weighted by Gasteiger charge is -2.32. The standard InChI is InChI=1S/C35H45NO7S/c1-26-20-27(22-31(21-26)44(38,39)30-13-6-7-14-30)12-8-11-19-40-18-10-5-4-9-17-36-24-33(42-34(36)37)28-15-16-32-29(23-28)25-41-35(2,3)43-32/h15-16,20-23,30,33H,4-7,9-11,13-14,17-19,24-25H2,1-3H3. The van der Waals surface area contributed by atoms with Crippen molar-refractivity contribution in [3.05, 3.63) is 58.7 Å². The minimum Gasteiger partial charge on any atom is -0.463 e. The van der Waals surface area contributed by atoms with Gasteiger partial charge in [0.2, 0.25) is 5.79 Å². The normalized spacial score (nSPS) is 19.7. The zero-order valence-corrected chi connectivity index (χ0v) is 27.0. The van der Waals surface area contributed by atoms with Crippen molar-refractivity contribution < 1.29 is 32.2 Å². The van der Waals surface area contributed by atoms with Crippen LogP contribution in [0.1, 0.15) is 100.0 Å². The molecule has 3 aliphatic rings. The molecule has 0 N–H and O–H groups in total. The molecule has 1 unspecified atom stereocenters. The van der Waals surface area contributed by atoms with E-state index >= 15 is 0 Å². The van der Waals surface area contributed by atoms with E-state index in [-0.39, 0.29) is 17.4 Å². The van der Waals surface area contributed by atoms with Gasteiger partial charge in [-0.15, -0.1) is 0 Å². The fraction of sp³-hybridized carbons (Fsp3) is 0.571. The largest absolute Gasteiger partial charge is 0.463 e. The molecular weight excluding hydrogens is 578 g/mol. The number of aryl methyl sites for hydroxylation is 1. The molecule has 8 nitrogen and oxygen atoms in total. The van der Waals surface area contributed by atoms with E-state index in [9.17, 15) is 13.2 Å². The van der Waals surface area contributed by atoms with Crippen LogP contribution in [0.5, 0.6) is 5.75 Å². The van der Waals surface area contributed by atoms with E-state index in [0.29, 0.717) is 44.2 Å². The van der Waals surface area contributed by atoms with E-state index in [4.69, 9.17) is 18.9 Å². The monoisotopic (exact) mass is 623 g/mol. The number of sulfone groups is 1. The Bertz CT molecular complexity index is 1480. The van der Waals surface area contributed by atoms with Gasteiger partial charge in [-0.05, 0) is 74.1 Å². The van der Waals surface area contributed by atoms with Crippen molar-refractivity contribution in [3.63, 3.8) is 0 Å². The molecule has 44 heavy (non-hydrogen) atoms. The number of nitrogens with zero attached hydrogens (tertiary/aromatic N) is 1. The van der Waals surface area contributed by atoms with E-state index < -0.39 is 15.6 Å². The summed E-state index contributed by atoms with van der Waals surface area (Å²) in [6.07, 6.45) is 7.46. The third-order valence-electron chi connectivity index (χ3n) is 8.47. The van der Waals surface area contributed by atoms with Crippen LogP contribution < -0.4 is 4.74 Å². The summed E-state index contributed by atoms with van der Waals surface area (Å²) in [5, 5.41) is -0.256. The number of fused-ring (bicyclic) bond motifs is 1. The maximum absolute atomic E-state index is 13.0. The topological polar surface area (TPSA) is 91.4 Å². The van der Waals surface area contributed by atoms with E-state index in [1.807, 2.05) is 45.0 Å². The van der Waals surface area contributed by atoms with Crippen molar-refractivity contribution in [1.29, 1.82) is 0 Å². The van der Waals surface area contributed by atoms with Gasteiger partial charge in [0.05, 0.1) is 29.9 Å². The van der Waals surface area contributed by atoms with Crippen LogP contribution in [0.15, 0.2) is 41.3 Å². The molecular formula is C35H45NO7S. The lowest BCUT2D eigenvalue weighted by Crippen LogP contribution is -2.35. The van der Waals surface area contributed by atoms with Crippen molar-refractivity contribution in [1.82, 2.24) is 4.90 Å². The highest BCUT2D eigenvalue weighted by atomic mass is 32.2. The summed E-state index contributed by atoms with van der Waals surface area (Å²) in [4.78, 5) is 14.6. The van der Waals surface area contributed by atoms with Crippen LogP contribution in [0.25, 0.3) is 0 Å². The Hall–Kier alpha value is -3.06. The van der Waals surface area contributed by atoms with Gasteiger partial charge in [-0.25, -0.2) is 13.2 Å². The maximum Gasteiger partial charge on any atom is 0.410 e. The average molecular weight is 624 g/mol. The minimum absolute atomic E-state index is 0.256. The lowest BCUT2D eigenvalue weighted by atomic mass is 10.0. The predicted octanol–water partition coefficient (Wildman–Crippen LogP) is 6.87. The predicted molar refractivity (Wildman–Crippen MR) is 168 cm³/mol. The SMILES string of the molecule is Cc1cc(C#CCCOCCCCCCN2CC(c3ccc4c(c3)COC(C)(C)O4)OC2=O)cc(S(=O)(=O)C2CCCC2)c1. The molecule has 0 bridgehead atoms. The molecule has 2 heterocycles. The van der Waals surface area contributed by atoms with Gasteiger partial charge < -0.3 is 23.8 Å². The van der Waals surface area contributed by atoms with Crippen molar-refractivity contribution in [2.45, 2.75) is 107 Å². The van der Waals surface area contributed by atoms with Crippen molar-refractivity contribution in [2.75, 3.05) is 26.3 Å². The molecule has 1 aliphatic carbocycles. The number of amides is 1. The van der Waals surface area contributed by atoms with Crippen molar-refractivity contribution >= 4 is 15.9 Å². The van der Waals surface area contributed by atoms with Gasteiger partial charge in [-0.2, -0.15) is 0 Å². The Labute approximate surface area is 262 Å². The Morgan fingerprint density at radius 1 is 1.02 bits per heavy atom. The highest BCUT2D eigenvalue weighted by Gasteiger charge is 2.34. The van der Waals surface area contributed by atoms with E-state index in [0.717, 1.165) is 79.4 Å². The fourth-order valence-corrected chi connectivity index (χ4v) is 8.03. The highest BCUT2D eigenvalue weighted by molar-refractivity contribution is 7.92. The second-order valence-corrected chi connectivity index (χ2v) is 14.8. The molecule has 9 heteroatoms. The first-order valence-corrected chi connectivity index (χ1v) is 17.5. The number of rotatable bonds is 12. The molecule has 2 aromatic rings. The summed E-state index contributed by atoms with van der Waals surface area (Å²) in [5.41, 5.74) is 3.59. The number of benzene rings is 2. The minimum atomic E-state index is -3.29. The van der Waals surface area contributed by atoms with E-state index in [1.165, 1.54) is 0 Å². The van der Waals surface area contributed by atoms with Gasteiger partial charge >= 0.3 is 6.09 Å². The molecule has 2 fully saturated rings. The summed E-state index contributed by atoms with van der Waals surface area (Å²) >= 11 is 0. The van der Waals surface area contributed by atoms with Gasteiger partial charge in [0, 0.05) is 44.5 Å². The van der Waals surface area contributed by atoms with Gasteiger partial charge in [-0.3, -0.25) is 0 Å². The number of hydrogen-bond donors (Lipinski definition) is 0. The van der Waals surface area contributed by atoms with Gasteiger partial charge in [0.15, 0.2) is 9.84 Å². The lowest BCUT2D eigenvalue weighted by molar-refractivity contribution is -0.180. The molecule has 0 radical (unpaired) electrons. The maximum atomic E-state index is 13.0. The van der Waals surface area contributed by atoms with Crippen LogP contribution in [-0.2, 0) is 30.7 Å². The van der Waals surface area contributed by atoms with Crippen LogP contribution in [0.2, 0.25) is 0 Å². The molecule has 5 rings (SSSR count). The molecule has 238 valence electrons. The summed E-state index contributed by atoms with van der Waals surface area (Å²) in [6, 6.07) is 11.3. The van der Waals surface area contributed by atoms with Crippen LogP contribution in [0.3, 0.4) is 0 Å². The van der Waals surface area contributed by atoms with Gasteiger partial charge in [0.1, 0.15) is 11.9 Å². The number of carbonyl (C=O) groups is 1. The number of ether oxygens (including phenoxy) is 4. The van der Waals surface area contributed by atoms with E-state index in [1.54, 1.807) is 17.0 Å². The molecule has 0 spiro atoms. The second-order valence-electron chi connectivity index (χ2n) is 12.5. The Morgan fingerprint density at radius 3 is 2.64 bits per heavy atom. The summed E-state index contributed by atoms with van der Waals surface area (Å²) in [6.45, 7) is 8.62. The quantitative estimate of drug-likeness (QED) is 0.188. The zero-order chi connectivity index (χ0) is 31.2. The van der Waals surface area contributed by atoms with Crippen molar-refractivity contribution in [2.24, 2.45) is 0 Å². The highest BCUT2D eigenvalue weighted by Crippen LogP contribution is 2.35. The third-order valence-corrected chi connectivity index (χ3v) is 10.7. The Kier molecular flexibility index (Phi) is 10.6. The third kappa shape index (κ3) is 8.35. The average Bonchev–Trinajstić information content (AvgIpc) is 3.66. The number of unbranched alkanes of at least 4 members (excludes halogenated alkanes) is 3. The molecule has 2 aromatic carbocycles. The van der Waals surface area contributed by atoms with Crippen molar-refractivity contribution in [3.8, 4) is 17.6 Å².